The van der Waals surface area contributed by atoms with Crippen LogP contribution >= 0.6 is 27.5 Å². The minimum Gasteiger partial charge on any atom is -0.384 e. The van der Waals surface area contributed by atoms with E-state index in [0.717, 1.165) is 10.0 Å². The van der Waals surface area contributed by atoms with Gasteiger partial charge in [-0.15, -0.1) is 0 Å². The molecule has 0 aromatic heterocycles. The molecule has 1 unspecified atom stereocenters. The van der Waals surface area contributed by atoms with Crippen molar-refractivity contribution in [3.05, 3.63) is 33.3 Å². The maximum Gasteiger partial charge on any atom is 0.0991 e. The van der Waals surface area contributed by atoms with Crippen molar-refractivity contribution in [1.82, 2.24) is 0 Å². The molecule has 2 nitrogen and oxygen atoms in total. The monoisotopic (exact) mass is 263 g/mol. The fourth-order valence-corrected chi connectivity index (χ4v) is 1.84. The van der Waals surface area contributed by atoms with Crippen LogP contribution in [-0.2, 0) is 5.60 Å². The van der Waals surface area contributed by atoms with E-state index in [4.69, 9.17) is 17.3 Å². The molecule has 13 heavy (non-hydrogen) atoms. The smallest absolute Gasteiger partial charge is 0.0991 e. The fourth-order valence-electron chi connectivity index (χ4n) is 0.983. The van der Waals surface area contributed by atoms with Crippen LogP contribution in [0.5, 0.6) is 0 Å². The second-order valence-corrected chi connectivity index (χ2v) is 4.49. The van der Waals surface area contributed by atoms with Gasteiger partial charge >= 0.3 is 0 Å². The number of rotatable bonds is 2. The zero-order valence-electron chi connectivity index (χ0n) is 7.22. The van der Waals surface area contributed by atoms with Gasteiger partial charge in [0.1, 0.15) is 0 Å². The van der Waals surface area contributed by atoms with Crippen LogP contribution in [0.4, 0.5) is 0 Å². The van der Waals surface area contributed by atoms with Gasteiger partial charge in [0.15, 0.2) is 0 Å². The third-order valence-electron chi connectivity index (χ3n) is 1.88. The number of halogens is 2. The van der Waals surface area contributed by atoms with Crippen molar-refractivity contribution in [2.75, 3.05) is 6.54 Å². The summed E-state index contributed by atoms with van der Waals surface area (Å²) in [5, 5.41) is 10.4. The van der Waals surface area contributed by atoms with Crippen molar-refractivity contribution >= 4 is 27.5 Å². The van der Waals surface area contributed by atoms with Crippen molar-refractivity contribution in [2.45, 2.75) is 12.5 Å². The Kier molecular flexibility index (Phi) is 3.35. The maximum atomic E-state index is 9.84. The third-order valence-corrected chi connectivity index (χ3v) is 2.56. The second-order valence-electron chi connectivity index (χ2n) is 3.14. The van der Waals surface area contributed by atoms with Crippen LogP contribution in [0.3, 0.4) is 0 Å². The lowest BCUT2D eigenvalue weighted by Crippen LogP contribution is -2.31. The molecule has 0 saturated carbocycles. The van der Waals surface area contributed by atoms with Gasteiger partial charge in [0.05, 0.1) is 5.60 Å². The van der Waals surface area contributed by atoms with Gasteiger partial charge < -0.3 is 10.8 Å². The highest BCUT2D eigenvalue weighted by atomic mass is 79.9. The molecule has 1 rings (SSSR count). The van der Waals surface area contributed by atoms with E-state index in [-0.39, 0.29) is 6.54 Å². The molecule has 0 fully saturated rings. The van der Waals surface area contributed by atoms with E-state index in [1.807, 2.05) is 0 Å². The largest absolute Gasteiger partial charge is 0.384 e. The maximum absolute atomic E-state index is 9.84. The highest BCUT2D eigenvalue weighted by Gasteiger charge is 2.21. The molecule has 72 valence electrons. The van der Waals surface area contributed by atoms with Crippen LogP contribution in [0.1, 0.15) is 12.5 Å². The van der Waals surface area contributed by atoms with Gasteiger partial charge in [0, 0.05) is 16.0 Å². The molecule has 0 spiro atoms. The Labute approximate surface area is 90.8 Å². The van der Waals surface area contributed by atoms with Gasteiger partial charge in [-0.05, 0) is 30.7 Å². The van der Waals surface area contributed by atoms with Crippen molar-refractivity contribution < 1.29 is 5.11 Å². The van der Waals surface area contributed by atoms with E-state index in [9.17, 15) is 5.11 Å². The summed E-state index contributed by atoms with van der Waals surface area (Å²) < 4.78 is 0.837. The summed E-state index contributed by atoms with van der Waals surface area (Å²) in [4.78, 5) is 0. The summed E-state index contributed by atoms with van der Waals surface area (Å²) in [6.07, 6.45) is 0. The molecular weight excluding hydrogens is 253 g/mol. The zero-order chi connectivity index (χ0) is 10.1. The van der Waals surface area contributed by atoms with Crippen LogP contribution in [0.2, 0.25) is 5.02 Å². The minimum atomic E-state index is -1.02. The molecule has 4 heteroatoms. The lowest BCUT2D eigenvalue weighted by atomic mass is 9.96. The second kappa shape index (κ2) is 3.96. The van der Waals surface area contributed by atoms with Gasteiger partial charge in [-0.25, -0.2) is 0 Å². The number of hydrogen-bond donors (Lipinski definition) is 2. The van der Waals surface area contributed by atoms with Crippen molar-refractivity contribution in [2.24, 2.45) is 5.73 Å². The van der Waals surface area contributed by atoms with Gasteiger partial charge in [0.25, 0.3) is 0 Å². The molecule has 0 aliphatic rings. The van der Waals surface area contributed by atoms with E-state index in [1.165, 1.54) is 0 Å². The van der Waals surface area contributed by atoms with Crippen LogP contribution in [0.25, 0.3) is 0 Å². The molecule has 0 amide bonds. The Morgan fingerprint density at radius 1 is 1.54 bits per heavy atom. The number of hydrogen-bond acceptors (Lipinski definition) is 2. The normalized spacial score (nSPS) is 15.5. The average Bonchev–Trinajstić information content (AvgIpc) is 2.02. The van der Waals surface area contributed by atoms with Crippen LogP contribution < -0.4 is 5.73 Å². The van der Waals surface area contributed by atoms with Crippen LogP contribution in [-0.4, -0.2) is 11.7 Å². The van der Waals surface area contributed by atoms with E-state index < -0.39 is 5.60 Å². The first kappa shape index (κ1) is 11.0. The van der Waals surface area contributed by atoms with E-state index in [2.05, 4.69) is 15.9 Å². The summed E-state index contributed by atoms with van der Waals surface area (Å²) in [5.74, 6) is 0. The minimum absolute atomic E-state index is 0.166. The first-order valence-corrected chi connectivity index (χ1v) is 5.02. The molecule has 0 aliphatic heterocycles. The molecular formula is C9H11BrClNO. The molecule has 1 atom stereocenters. The summed E-state index contributed by atoms with van der Waals surface area (Å²) >= 11 is 9.13. The van der Waals surface area contributed by atoms with Crippen LogP contribution in [0, 0.1) is 0 Å². The molecule has 0 radical (unpaired) electrons. The van der Waals surface area contributed by atoms with Crippen molar-refractivity contribution in [3.8, 4) is 0 Å². The first-order valence-electron chi connectivity index (χ1n) is 3.85. The topological polar surface area (TPSA) is 46.2 Å². The van der Waals surface area contributed by atoms with Gasteiger partial charge in [0.2, 0.25) is 0 Å². The van der Waals surface area contributed by atoms with Gasteiger partial charge in [-0.1, -0.05) is 27.5 Å². The lowest BCUT2D eigenvalue weighted by molar-refractivity contribution is 0.0668. The molecule has 0 heterocycles. The van der Waals surface area contributed by atoms with E-state index >= 15 is 0 Å². The molecule has 0 saturated heterocycles. The Bertz CT molecular complexity index is 294. The van der Waals surface area contributed by atoms with E-state index in [1.54, 1.807) is 25.1 Å². The molecule has 0 aliphatic carbocycles. The fraction of sp³-hybridized carbons (Fsp3) is 0.333. The summed E-state index contributed by atoms with van der Waals surface area (Å²) in [6.45, 7) is 1.82. The Morgan fingerprint density at radius 2 is 2.15 bits per heavy atom. The molecule has 0 bridgehead atoms. The third kappa shape index (κ3) is 2.68. The zero-order valence-corrected chi connectivity index (χ0v) is 9.56. The number of aliphatic hydroxyl groups is 1. The SMILES string of the molecule is CC(O)(CN)c1cc(Cl)cc(Br)c1. The predicted octanol–water partition coefficient (Wildman–Crippen LogP) is 2.27. The van der Waals surface area contributed by atoms with E-state index in [0.29, 0.717) is 5.02 Å². The summed E-state index contributed by atoms with van der Waals surface area (Å²) in [6, 6.07) is 5.27. The average molecular weight is 265 g/mol. The quantitative estimate of drug-likeness (QED) is 0.861. The highest BCUT2D eigenvalue weighted by Crippen LogP contribution is 2.26. The Hall–Kier alpha value is -0.0900. The van der Waals surface area contributed by atoms with Gasteiger partial charge in [-0.3, -0.25) is 0 Å². The van der Waals surface area contributed by atoms with Gasteiger partial charge in [-0.2, -0.15) is 0 Å². The molecule has 3 N–H and O–H groups in total. The molecule has 1 aromatic carbocycles. The van der Waals surface area contributed by atoms with Crippen molar-refractivity contribution in [3.63, 3.8) is 0 Å². The van der Waals surface area contributed by atoms with Crippen molar-refractivity contribution in [1.29, 1.82) is 0 Å². The predicted molar refractivity (Wildman–Crippen MR) is 57.8 cm³/mol. The number of nitrogens with two attached hydrogens (primary N) is 1. The summed E-state index contributed by atoms with van der Waals surface area (Å²) in [7, 11) is 0. The Morgan fingerprint density at radius 3 is 2.62 bits per heavy atom. The highest BCUT2D eigenvalue weighted by molar-refractivity contribution is 9.10. The first-order chi connectivity index (χ1) is 5.95. The standard InChI is InChI=1S/C9H11BrClNO/c1-9(13,5-12)6-2-7(10)4-8(11)3-6/h2-4,13H,5,12H2,1H3. The Balaban J connectivity index is 3.15. The summed E-state index contributed by atoms with van der Waals surface area (Å²) in [5.41, 5.74) is 5.13. The number of benzene rings is 1. The van der Waals surface area contributed by atoms with Crippen LogP contribution in [0.15, 0.2) is 22.7 Å². The molecule has 1 aromatic rings. The lowest BCUT2D eigenvalue weighted by Gasteiger charge is -2.21.